The van der Waals surface area contributed by atoms with Crippen molar-refractivity contribution in [2.45, 2.75) is 11.4 Å². The molecule has 10 heteroatoms. The first kappa shape index (κ1) is 15.4. The molecule has 2 rings (SSSR count). The van der Waals surface area contributed by atoms with E-state index in [0.717, 1.165) is 0 Å². The topological polar surface area (TPSA) is 29.5 Å². The fourth-order valence-electron chi connectivity index (χ4n) is 2.12. The molecule has 1 heterocycles. The second-order valence-corrected chi connectivity index (χ2v) is 4.69. The van der Waals surface area contributed by atoms with Crippen molar-refractivity contribution >= 4 is 29.3 Å². The van der Waals surface area contributed by atoms with Crippen LogP contribution in [0.15, 0.2) is 23.3 Å². The molecule has 0 aromatic heterocycles. The minimum Gasteiger partial charge on any atom is -0.428 e. The van der Waals surface area contributed by atoms with E-state index in [9.17, 15) is 26.7 Å². The van der Waals surface area contributed by atoms with Crippen molar-refractivity contribution in [3.63, 3.8) is 0 Å². The highest BCUT2D eigenvalue weighted by atomic mass is 35.5. The lowest BCUT2D eigenvalue weighted by atomic mass is 9.85. The van der Waals surface area contributed by atoms with Gasteiger partial charge in [0.2, 0.25) is 11.4 Å². The molecule has 112 valence electrons. The minimum atomic E-state index is -3.73. The molecule has 0 saturated carbocycles. The number of halogens is 7. The Kier molecular flexibility index (Phi) is 3.66. The van der Waals surface area contributed by atoms with E-state index >= 15 is 0 Å². The van der Waals surface area contributed by atoms with Gasteiger partial charge in [-0.1, -0.05) is 0 Å². The summed E-state index contributed by atoms with van der Waals surface area (Å²) in [6, 6.07) is 0. The Balaban J connectivity index is 2.73. The van der Waals surface area contributed by atoms with Crippen molar-refractivity contribution in [3.05, 3.63) is 23.3 Å². The molecule has 20 heavy (non-hydrogen) atoms. The maximum Gasteiger partial charge on any atom is 0.414 e. The molecule has 0 bridgehead atoms. The number of hydrogen-bond acceptors (Lipinski definition) is 2. The second-order valence-electron chi connectivity index (χ2n) is 4.05. The van der Waals surface area contributed by atoms with Gasteiger partial charge in [-0.15, -0.1) is 23.2 Å². The van der Waals surface area contributed by atoms with Gasteiger partial charge in [-0.25, -0.2) is 26.7 Å². The van der Waals surface area contributed by atoms with Gasteiger partial charge < -0.3 is 4.74 Å². The van der Waals surface area contributed by atoms with Crippen molar-refractivity contribution in [1.29, 1.82) is 0 Å². The molecule has 3 nitrogen and oxygen atoms in total. The van der Waals surface area contributed by atoms with Gasteiger partial charge in [-0.3, -0.25) is 4.90 Å². The summed E-state index contributed by atoms with van der Waals surface area (Å²) in [5.74, 6) is -14.4. The molecule has 1 aliphatic carbocycles. The van der Waals surface area contributed by atoms with E-state index in [1.54, 1.807) is 0 Å². The fourth-order valence-corrected chi connectivity index (χ4v) is 2.64. The number of carbonyl (C=O) groups is 1. The van der Waals surface area contributed by atoms with Crippen LogP contribution in [0.1, 0.15) is 0 Å². The number of allylic oxidation sites excluding steroid dienone is 2. The van der Waals surface area contributed by atoms with Crippen LogP contribution in [0.3, 0.4) is 0 Å². The maximum absolute atomic E-state index is 14.9. The number of hydrogen-bond donors (Lipinski definition) is 0. The summed E-state index contributed by atoms with van der Waals surface area (Å²) < 4.78 is 73.5. The smallest absolute Gasteiger partial charge is 0.414 e. The standard InChI is InChI=1S/C10H6Cl2F5NO2/c11-1-2-18-8(19)20-9(3-12)6(15)4(13)5(14)7(16)10(9,18)17/h1-3H2/t9-,10+/m1/s1. The summed E-state index contributed by atoms with van der Waals surface area (Å²) in [4.78, 5) is 11.6. The zero-order valence-electron chi connectivity index (χ0n) is 9.53. The fraction of sp³-hybridized carbons (Fsp3) is 0.500. The molecule has 1 saturated heterocycles. The van der Waals surface area contributed by atoms with E-state index in [1.165, 1.54) is 0 Å². The third-order valence-electron chi connectivity index (χ3n) is 3.11. The number of amides is 1. The highest BCUT2D eigenvalue weighted by Gasteiger charge is 2.75. The van der Waals surface area contributed by atoms with Crippen molar-refractivity contribution in [1.82, 2.24) is 4.90 Å². The molecule has 2 atom stereocenters. The first-order valence-corrected chi connectivity index (χ1v) is 6.28. The van der Waals surface area contributed by atoms with E-state index in [2.05, 4.69) is 4.74 Å². The Morgan fingerprint density at radius 1 is 1.10 bits per heavy atom. The maximum atomic E-state index is 14.9. The third kappa shape index (κ3) is 1.54. The largest absolute Gasteiger partial charge is 0.428 e. The van der Waals surface area contributed by atoms with Crippen LogP contribution < -0.4 is 0 Å². The average molecular weight is 338 g/mol. The van der Waals surface area contributed by atoms with Crippen molar-refractivity contribution in [3.8, 4) is 0 Å². The molecule has 0 radical (unpaired) electrons. The lowest BCUT2D eigenvalue weighted by Gasteiger charge is -2.38. The van der Waals surface area contributed by atoms with E-state index < -0.39 is 53.2 Å². The summed E-state index contributed by atoms with van der Waals surface area (Å²) in [5.41, 5.74) is -3.12. The summed E-state index contributed by atoms with van der Waals surface area (Å²) in [5, 5.41) is 0. The minimum absolute atomic E-state index is 0.0311. The third-order valence-corrected chi connectivity index (χ3v) is 3.65. The molecular formula is C10H6Cl2F5NO2. The zero-order valence-corrected chi connectivity index (χ0v) is 11.0. The van der Waals surface area contributed by atoms with Gasteiger partial charge >= 0.3 is 6.09 Å². The molecular weight excluding hydrogens is 332 g/mol. The number of fused-ring (bicyclic) bond motifs is 1. The zero-order chi connectivity index (χ0) is 15.3. The summed E-state index contributed by atoms with van der Waals surface area (Å²) in [7, 11) is 0. The Bertz CT molecular complexity index is 540. The molecule has 0 unspecified atom stereocenters. The summed E-state index contributed by atoms with van der Waals surface area (Å²) in [6.45, 7) is -0.620. The van der Waals surface area contributed by atoms with Crippen molar-refractivity contribution in [2.24, 2.45) is 0 Å². The van der Waals surface area contributed by atoms with E-state index in [0.29, 0.717) is 0 Å². The first-order valence-electron chi connectivity index (χ1n) is 5.21. The van der Waals surface area contributed by atoms with Crippen molar-refractivity contribution in [2.75, 3.05) is 18.3 Å². The van der Waals surface area contributed by atoms with Crippen LogP contribution in [0, 0.1) is 0 Å². The van der Waals surface area contributed by atoms with Gasteiger partial charge in [0.1, 0.15) is 0 Å². The predicted octanol–water partition coefficient (Wildman–Crippen LogP) is 3.64. The highest BCUT2D eigenvalue weighted by Crippen LogP contribution is 2.56. The number of nitrogens with zero attached hydrogens (tertiary/aromatic N) is 1. The van der Waals surface area contributed by atoms with E-state index in [-0.39, 0.29) is 10.8 Å². The van der Waals surface area contributed by atoms with Gasteiger partial charge in [0, 0.05) is 12.4 Å². The Morgan fingerprint density at radius 3 is 2.15 bits per heavy atom. The number of alkyl halides is 3. The lowest BCUT2D eigenvalue weighted by molar-refractivity contribution is -0.0682. The van der Waals surface area contributed by atoms with Crippen LogP contribution >= 0.6 is 23.2 Å². The molecule has 1 aliphatic heterocycles. The summed E-state index contributed by atoms with van der Waals surface area (Å²) >= 11 is 10.7. The quantitative estimate of drug-likeness (QED) is 0.447. The SMILES string of the molecule is O=C1O[C@]2(CCl)C(F)=C(F)C(F)=C(F)[C@]2(F)N1CCCl. The van der Waals surface area contributed by atoms with Gasteiger partial charge in [-0.2, -0.15) is 0 Å². The van der Waals surface area contributed by atoms with E-state index in [1.807, 2.05) is 0 Å². The Labute approximate surface area is 119 Å². The Morgan fingerprint density at radius 2 is 1.65 bits per heavy atom. The number of rotatable bonds is 3. The molecule has 1 fully saturated rings. The molecule has 0 N–H and O–H groups in total. The van der Waals surface area contributed by atoms with E-state index in [4.69, 9.17) is 23.2 Å². The number of ether oxygens (including phenoxy) is 1. The second kappa shape index (κ2) is 4.77. The van der Waals surface area contributed by atoms with Crippen LogP contribution in [0.25, 0.3) is 0 Å². The molecule has 0 spiro atoms. The van der Waals surface area contributed by atoms with Crippen LogP contribution in [0.2, 0.25) is 0 Å². The normalized spacial score (nSPS) is 33.8. The predicted molar refractivity (Wildman–Crippen MR) is 59.7 cm³/mol. The van der Waals surface area contributed by atoms with Crippen LogP contribution in [0.5, 0.6) is 0 Å². The molecule has 0 aromatic rings. The monoisotopic (exact) mass is 337 g/mol. The van der Waals surface area contributed by atoms with Gasteiger partial charge in [-0.05, 0) is 0 Å². The van der Waals surface area contributed by atoms with Crippen LogP contribution in [-0.2, 0) is 4.74 Å². The Hall–Kier alpha value is -1.02. The van der Waals surface area contributed by atoms with Gasteiger partial charge in [0.15, 0.2) is 17.5 Å². The van der Waals surface area contributed by atoms with Gasteiger partial charge in [0.25, 0.3) is 5.79 Å². The average Bonchev–Trinajstić information content (AvgIpc) is 2.66. The lowest BCUT2D eigenvalue weighted by Crippen LogP contribution is -2.59. The number of carbonyl (C=O) groups excluding carboxylic acids is 1. The summed E-state index contributed by atoms with van der Waals surface area (Å²) in [6.07, 6.45) is -1.53. The molecule has 2 aliphatic rings. The van der Waals surface area contributed by atoms with Crippen molar-refractivity contribution < 1.29 is 31.5 Å². The highest BCUT2D eigenvalue weighted by molar-refractivity contribution is 6.19. The van der Waals surface area contributed by atoms with Crippen LogP contribution in [-0.4, -0.2) is 40.7 Å². The first-order chi connectivity index (χ1) is 9.27. The van der Waals surface area contributed by atoms with Crippen LogP contribution in [0.4, 0.5) is 26.7 Å². The molecule has 1 amide bonds. The molecule has 0 aromatic carbocycles. The van der Waals surface area contributed by atoms with Gasteiger partial charge in [0.05, 0.1) is 5.88 Å².